The van der Waals surface area contributed by atoms with E-state index in [-0.39, 0.29) is 10.6 Å². The lowest BCUT2D eigenvalue weighted by molar-refractivity contribution is -0.382. The van der Waals surface area contributed by atoms with Crippen molar-refractivity contribution in [2.24, 2.45) is 0 Å². The number of benzene rings is 1. The van der Waals surface area contributed by atoms with Gasteiger partial charge >= 0.3 is 5.69 Å². The standard InChI is InChI=1S/C14H15N3O3/c1-2-14(18)8-16(9-14)12-6-5-11-10(4-3-7-15-11)13(12)17(19)20/h3-7,18H,2,8-9H2,1H3. The molecular weight excluding hydrogens is 258 g/mol. The fourth-order valence-corrected chi connectivity index (χ4v) is 2.63. The fourth-order valence-electron chi connectivity index (χ4n) is 2.63. The minimum absolute atomic E-state index is 0.0637. The van der Waals surface area contributed by atoms with Crippen LogP contribution < -0.4 is 4.90 Å². The van der Waals surface area contributed by atoms with E-state index in [2.05, 4.69) is 4.98 Å². The van der Waals surface area contributed by atoms with Crippen LogP contribution in [-0.2, 0) is 0 Å². The lowest BCUT2D eigenvalue weighted by atomic mass is 9.90. The Morgan fingerprint density at radius 3 is 2.85 bits per heavy atom. The van der Waals surface area contributed by atoms with Gasteiger partial charge in [-0.3, -0.25) is 15.1 Å². The molecule has 0 amide bonds. The smallest absolute Gasteiger partial charge is 0.301 e. The second kappa shape index (κ2) is 4.42. The number of aromatic nitrogens is 1. The van der Waals surface area contributed by atoms with E-state index >= 15 is 0 Å². The predicted molar refractivity (Wildman–Crippen MR) is 75.9 cm³/mol. The molecule has 0 spiro atoms. The third kappa shape index (κ3) is 1.89. The predicted octanol–water partition coefficient (Wildman–Crippen LogP) is 2.10. The molecule has 2 heterocycles. The van der Waals surface area contributed by atoms with Crippen LogP contribution in [0.15, 0.2) is 30.5 Å². The summed E-state index contributed by atoms with van der Waals surface area (Å²) in [5, 5.41) is 22.0. The zero-order valence-corrected chi connectivity index (χ0v) is 11.1. The zero-order valence-electron chi connectivity index (χ0n) is 11.1. The Labute approximate surface area is 115 Å². The van der Waals surface area contributed by atoms with E-state index in [1.54, 1.807) is 30.5 Å². The van der Waals surface area contributed by atoms with Gasteiger partial charge in [-0.05, 0) is 30.7 Å². The molecule has 0 saturated carbocycles. The molecule has 1 aliphatic heterocycles. The molecule has 0 atom stereocenters. The minimum atomic E-state index is -0.724. The second-order valence-electron chi connectivity index (χ2n) is 5.19. The highest BCUT2D eigenvalue weighted by Gasteiger charge is 2.42. The van der Waals surface area contributed by atoms with Gasteiger partial charge in [0.05, 0.1) is 21.4 Å². The summed E-state index contributed by atoms with van der Waals surface area (Å²) in [7, 11) is 0. The van der Waals surface area contributed by atoms with Crippen molar-refractivity contribution in [2.75, 3.05) is 18.0 Å². The molecule has 1 aliphatic rings. The maximum Gasteiger partial charge on any atom is 0.301 e. The molecule has 0 aliphatic carbocycles. The number of nitrogens with zero attached hydrogens (tertiary/aromatic N) is 3. The molecule has 6 heteroatoms. The summed E-state index contributed by atoms with van der Waals surface area (Å²) < 4.78 is 0. The molecule has 1 fully saturated rings. The maximum absolute atomic E-state index is 11.4. The first kappa shape index (κ1) is 12.8. The summed E-state index contributed by atoms with van der Waals surface area (Å²) in [5.41, 5.74) is 0.495. The molecule has 0 unspecified atom stereocenters. The van der Waals surface area contributed by atoms with Crippen molar-refractivity contribution in [3.05, 3.63) is 40.6 Å². The van der Waals surface area contributed by atoms with Gasteiger partial charge in [0.2, 0.25) is 0 Å². The lowest BCUT2D eigenvalue weighted by Gasteiger charge is -2.47. The largest absolute Gasteiger partial charge is 0.386 e. The van der Waals surface area contributed by atoms with Gasteiger partial charge in [0.25, 0.3) is 0 Å². The van der Waals surface area contributed by atoms with Crippen LogP contribution in [0.4, 0.5) is 11.4 Å². The zero-order chi connectivity index (χ0) is 14.3. The summed E-state index contributed by atoms with van der Waals surface area (Å²) in [6, 6.07) is 6.89. The number of pyridine rings is 1. The summed E-state index contributed by atoms with van der Waals surface area (Å²) in [6.07, 6.45) is 2.26. The lowest BCUT2D eigenvalue weighted by Crippen LogP contribution is -2.61. The highest BCUT2D eigenvalue weighted by molar-refractivity contribution is 5.94. The first-order chi connectivity index (χ1) is 9.54. The van der Waals surface area contributed by atoms with E-state index < -0.39 is 5.60 Å². The van der Waals surface area contributed by atoms with Gasteiger partial charge < -0.3 is 10.0 Å². The van der Waals surface area contributed by atoms with Crippen molar-refractivity contribution in [2.45, 2.75) is 18.9 Å². The van der Waals surface area contributed by atoms with E-state index in [1.165, 1.54) is 0 Å². The highest BCUT2D eigenvalue weighted by Crippen LogP contribution is 2.39. The Morgan fingerprint density at radius 1 is 1.45 bits per heavy atom. The van der Waals surface area contributed by atoms with E-state index in [0.717, 1.165) is 0 Å². The van der Waals surface area contributed by atoms with Crippen LogP contribution >= 0.6 is 0 Å². The number of rotatable bonds is 3. The minimum Gasteiger partial charge on any atom is -0.386 e. The van der Waals surface area contributed by atoms with Gasteiger partial charge in [-0.15, -0.1) is 0 Å². The molecule has 104 valence electrons. The van der Waals surface area contributed by atoms with Crippen LogP contribution in [0.3, 0.4) is 0 Å². The molecule has 20 heavy (non-hydrogen) atoms. The average molecular weight is 273 g/mol. The maximum atomic E-state index is 11.4. The second-order valence-corrected chi connectivity index (χ2v) is 5.19. The molecule has 1 aromatic carbocycles. The van der Waals surface area contributed by atoms with E-state index in [1.807, 2.05) is 11.8 Å². The number of aliphatic hydroxyl groups is 1. The van der Waals surface area contributed by atoms with Gasteiger partial charge in [0.1, 0.15) is 5.69 Å². The molecule has 2 aromatic rings. The third-order valence-electron chi connectivity index (χ3n) is 3.89. The van der Waals surface area contributed by atoms with Gasteiger partial charge in [-0.1, -0.05) is 6.92 Å². The Kier molecular flexibility index (Phi) is 2.83. The molecule has 0 radical (unpaired) electrons. The summed E-state index contributed by atoms with van der Waals surface area (Å²) in [6.45, 7) is 2.77. The molecule has 1 saturated heterocycles. The molecule has 1 N–H and O–H groups in total. The Bertz CT molecular complexity index is 680. The molecule has 0 bridgehead atoms. The number of hydrogen-bond acceptors (Lipinski definition) is 5. The van der Waals surface area contributed by atoms with Crippen molar-refractivity contribution in [3.8, 4) is 0 Å². The Balaban J connectivity index is 2.08. The normalized spacial score (nSPS) is 17.0. The van der Waals surface area contributed by atoms with Crippen molar-refractivity contribution >= 4 is 22.3 Å². The summed E-state index contributed by atoms with van der Waals surface area (Å²) >= 11 is 0. The molecular formula is C14H15N3O3. The fraction of sp³-hybridized carbons (Fsp3) is 0.357. The van der Waals surface area contributed by atoms with Gasteiger partial charge in [-0.2, -0.15) is 0 Å². The van der Waals surface area contributed by atoms with Crippen LogP contribution in [0, 0.1) is 10.1 Å². The number of fused-ring (bicyclic) bond motifs is 1. The number of nitro benzene ring substituents is 1. The number of hydrogen-bond donors (Lipinski definition) is 1. The van der Waals surface area contributed by atoms with E-state index in [9.17, 15) is 15.2 Å². The molecule has 1 aromatic heterocycles. The van der Waals surface area contributed by atoms with Crippen molar-refractivity contribution < 1.29 is 10.0 Å². The van der Waals surface area contributed by atoms with Crippen LogP contribution in [0.25, 0.3) is 10.9 Å². The molecule has 6 nitrogen and oxygen atoms in total. The van der Waals surface area contributed by atoms with Gasteiger partial charge in [-0.25, -0.2) is 0 Å². The monoisotopic (exact) mass is 273 g/mol. The van der Waals surface area contributed by atoms with Crippen LogP contribution in [0.1, 0.15) is 13.3 Å². The summed E-state index contributed by atoms with van der Waals surface area (Å²) in [5.74, 6) is 0. The van der Waals surface area contributed by atoms with E-state index in [0.29, 0.717) is 36.1 Å². The van der Waals surface area contributed by atoms with Gasteiger partial charge in [0.15, 0.2) is 0 Å². The van der Waals surface area contributed by atoms with Crippen molar-refractivity contribution in [3.63, 3.8) is 0 Å². The van der Waals surface area contributed by atoms with Crippen molar-refractivity contribution in [1.82, 2.24) is 4.98 Å². The van der Waals surface area contributed by atoms with Crippen LogP contribution in [0.2, 0.25) is 0 Å². The Hall–Kier alpha value is -2.21. The molecule has 3 rings (SSSR count). The average Bonchev–Trinajstić information content (AvgIpc) is 2.42. The van der Waals surface area contributed by atoms with Crippen molar-refractivity contribution in [1.29, 1.82) is 0 Å². The third-order valence-corrected chi connectivity index (χ3v) is 3.89. The number of β-amino-alcohol motifs (C(OH)–C–C–N with tert-alkyl or cyclic N) is 1. The SMILES string of the molecule is CCC1(O)CN(c2ccc3ncccc3c2[N+](=O)[O-])C1. The highest BCUT2D eigenvalue weighted by atomic mass is 16.6. The van der Waals surface area contributed by atoms with E-state index in [4.69, 9.17) is 0 Å². The first-order valence-electron chi connectivity index (χ1n) is 6.53. The topological polar surface area (TPSA) is 79.5 Å². The number of anilines is 1. The van der Waals surface area contributed by atoms with Crippen LogP contribution in [0.5, 0.6) is 0 Å². The quantitative estimate of drug-likeness (QED) is 0.684. The Morgan fingerprint density at radius 2 is 2.20 bits per heavy atom. The summed E-state index contributed by atoms with van der Waals surface area (Å²) in [4.78, 5) is 17.0. The van der Waals surface area contributed by atoms with Gasteiger partial charge in [0, 0.05) is 19.3 Å². The first-order valence-corrected chi connectivity index (χ1v) is 6.53. The number of nitro groups is 1. The van der Waals surface area contributed by atoms with Crippen LogP contribution in [-0.4, -0.2) is 33.7 Å².